The van der Waals surface area contributed by atoms with Crippen LogP contribution in [0.15, 0.2) is 35.9 Å². The van der Waals surface area contributed by atoms with Crippen molar-refractivity contribution in [2.45, 2.75) is 76.0 Å². The smallest absolute Gasteiger partial charge is 0.246 e. The van der Waals surface area contributed by atoms with Gasteiger partial charge in [-0.05, 0) is 50.7 Å². The molecule has 2 saturated heterocycles. The van der Waals surface area contributed by atoms with E-state index in [1.165, 1.54) is 6.92 Å². The Morgan fingerprint density at radius 1 is 1.07 bits per heavy atom. The Labute approximate surface area is 252 Å². The van der Waals surface area contributed by atoms with E-state index in [1.54, 1.807) is 38.3 Å². The first kappa shape index (κ1) is 32.7. The SMILES string of the molecule is COCc1ccc([C@@H](O)[C@H](NC(=O)[C@H](C)NC(=O)CN2CCOCC2)C(=O)N[C@@H](CC2=CCCC2)C(=O)[C@@]2(C)CO2)cc1. The van der Waals surface area contributed by atoms with E-state index in [9.17, 15) is 24.3 Å². The third kappa shape index (κ3) is 9.16. The molecule has 12 heteroatoms. The number of methoxy groups -OCH3 is 1. The molecule has 5 atom stereocenters. The quantitative estimate of drug-likeness (QED) is 0.166. The molecular formula is C31H44N4O8. The van der Waals surface area contributed by atoms with Gasteiger partial charge < -0.3 is 35.3 Å². The number of hydrogen-bond donors (Lipinski definition) is 4. The van der Waals surface area contributed by atoms with Crippen LogP contribution in [-0.2, 0) is 40.0 Å². The van der Waals surface area contributed by atoms with E-state index < -0.39 is 41.6 Å². The summed E-state index contributed by atoms with van der Waals surface area (Å²) in [5, 5.41) is 19.5. The van der Waals surface area contributed by atoms with Gasteiger partial charge >= 0.3 is 0 Å². The van der Waals surface area contributed by atoms with Gasteiger partial charge in [-0.2, -0.15) is 0 Å². The van der Waals surface area contributed by atoms with E-state index >= 15 is 0 Å². The maximum atomic E-state index is 13.8. The fourth-order valence-corrected chi connectivity index (χ4v) is 5.33. The number of carbonyl (C=O) groups excluding carboxylic acids is 4. The Morgan fingerprint density at radius 2 is 1.77 bits per heavy atom. The van der Waals surface area contributed by atoms with Crippen LogP contribution in [0.3, 0.4) is 0 Å². The minimum Gasteiger partial charge on any atom is -0.386 e. The molecule has 4 rings (SSSR count). The maximum absolute atomic E-state index is 13.8. The summed E-state index contributed by atoms with van der Waals surface area (Å²) in [6.45, 7) is 6.27. The van der Waals surface area contributed by atoms with Crippen LogP contribution in [0.4, 0.5) is 0 Å². The van der Waals surface area contributed by atoms with E-state index in [0.717, 1.165) is 30.4 Å². The largest absolute Gasteiger partial charge is 0.386 e. The number of ether oxygens (including phenoxy) is 3. The number of epoxide rings is 1. The summed E-state index contributed by atoms with van der Waals surface area (Å²) < 4.78 is 15.8. The summed E-state index contributed by atoms with van der Waals surface area (Å²) in [6.07, 6.45) is 3.73. The number of aliphatic hydroxyl groups is 1. The van der Waals surface area contributed by atoms with Crippen LogP contribution in [-0.4, -0.2) is 104 Å². The van der Waals surface area contributed by atoms with Gasteiger partial charge in [0, 0.05) is 20.2 Å². The van der Waals surface area contributed by atoms with Crippen molar-refractivity contribution in [1.82, 2.24) is 20.9 Å². The topological polar surface area (TPSA) is 159 Å². The van der Waals surface area contributed by atoms with Crippen molar-refractivity contribution >= 4 is 23.5 Å². The summed E-state index contributed by atoms with van der Waals surface area (Å²) in [5.41, 5.74) is 1.37. The lowest BCUT2D eigenvalue weighted by atomic mass is 9.93. The van der Waals surface area contributed by atoms with Crippen molar-refractivity contribution in [3.63, 3.8) is 0 Å². The van der Waals surface area contributed by atoms with E-state index in [-0.39, 0.29) is 24.8 Å². The fourth-order valence-electron chi connectivity index (χ4n) is 5.33. The molecule has 4 N–H and O–H groups in total. The van der Waals surface area contributed by atoms with Gasteiger partial charge in [0.2, 0.25) is 17.7 Å². The Balaban J connectivity index is 1.49. The number of benzene rings is 1. The van der Waals surface area contributed by atoms with Gasteiger partial charge in [0.25, 0.3) is 0 Å². The van der Waals surface area contributed by atoms with E-state index in [1.807, 2.05) is 4.90 Å². The van der Waals surface area contributed by atoms with Crippen LogP contribution >= 0.6 is 0 Å². The van der Waals surface area contributed by atoms with Crippen LogP contribution in [0.1, 0.15) is 56.8 Å². The summed E-state index contributed by atoms with van der Waals surface area (Å²) in [6, 6.07) is 3.52. The predicted molar refractivity (Wildman–Crippen MR) is 157 cm³/mol. The standard InChI is InChI=1S/C31H44N4O8/c1-20(32-25(36)17-35-12-14-42-15-13-35)29(39)34-26(27(37)23-10-8-22(9-11-23)18-41-3)30(40)33-24(16-21-6-4-5-7-21)28(38)31(2)19-43-31/h6,8-11,20,24,26-27,37H,4-5,7,12-19H2,1-3H3,(H,32,36)(H,33,40)(H,34,39)/t20-,24-,26-,27+,31+/m0/s1. The molecule has 43 heavy (non-hydrogen) atoms. The van der Waals surface area contributed by atoms with Gasteiger partial charge in [-0.1, -0.05) is 35.9 Å². The molecule has 3 aliphatic rings. The Bertz CT molecular complexity index is 1180. The second-order valence-electron chi connectivity index (χ2n) is 11.7. The molecule has 0 aromatic heterocycles. The highest BCUT2D eigenvalue weighted by atomic mass is 16.6. The van der Waals surface area contributed by atoms with Crippen LogP contribution in [0.2, 0.25) is 0 Å². The van der Waals surface area contributed by atoms with Gasteiger partial charge in [0.05, 0.1) is 39.0 Å². The highest BCUT2D eigenvalue weighted by Gasteiger charge is 2.50. The van der Waals surface area contributed by atoms with E-state index in [0.29, 0.717) is 44.9 Å². The number of nitrogens with one attached hydrogen (secondary N) is 3. The summed E-state index contributed by atoms with van der Waals surface area (Å²) in [5.74, 6) is -1.95. The zero-order valence-corrected chi connectivity index (χ0v) is 25.2. The molecule has 0 bridgehead atoms. The molecule has 0 radical (unpaired) electrons. The number of morpholine rings is 1. The fraction of sp³-hybridized carbons (Fsp3) is 0.613. The van der Waals surface area contributed by atoms with Gasteiger partial charge in [0.1, 0.15) is 23.8 Å². The van der Waals surface area contributed by atoms with E-state index in [2.05, 4.69) is 22.0 Å². The highest BCUT2D eigenvalue weighted by molar-refractivity contribution is 5.98. The summed E-state index contributed by atoms with van der Waals surface area (Å²) in [7, 11) is 1.58. The Hall–Kier alpha value is -3.16. The average molecular weight is 601 g/mol. The molecule has 1 aromatic rings. The molecule has 1 aliphatic carbocycles. The van der Waals surface area contributed by atoms with Crippen molar-refractivity contribution in [3.8, 4) is 0 Å². The predicted octanol–water partition coefficient (Wildman–Crippen LogP) is 0.531. The lowest BCUT2D eigenvalue weighted by Gasteiger charge is -2.29. The normalized spacial score (nSPS) is 22.9. The molecule has 236 valence electrons. The Kier molecular flexibility index (Phi) is 11.4. The van der Waals surface area contributed by atoms with Crippen molar-refractivity contribution in [2.24, 2.45) is 0 Å². The third-order valence-corrected chi connectivity index (χ3v) is 8.10. The summed E-state index contributed by atoms with van der Waals surface area (Å²) >= 11 is 0. The van der Waals surface area contributed by atoms with Crippen LogP contribution in [0, 0.1) is 0 Å². The van der Waals surface area contributed by atoms with Crippen LogP contribution < -0.4 is 16.0 Å². The van der Waals surface area contributed by atoms with Crippen molar-refractivity contribution in [2.75, 3.05) is 46.6 Å². The minimum absolute atomic E-state index is 0.113. The van der Waals surface area contributed by atoms with Gasteiger partial charge in [-0.25, -0.2) is 0 Å². The molecule has 3 amide bonds. The molecule has 2 fully saturated rings. The van der Waals surface area contributed by atoms with Gasteiger partial charge in [-0.15, -0.1) is 0 Å². The maximum Gasteiger partial charge on any atom is 0.246 e. The number of Topliss-reactive ketones (excluding diaryl/α,β-unsaturated/α-hetero) is 1. The molecule has 0 saturated carbocycles. The number of rotatable bonds is 15. The number of hydrogen-bond acceptors (Lipinski definition) is 9. The molecule has 2 aliphatic heterocycles. The average Bonchev–Trinajstić information content (AvgIpc) is 3.53. The zero-order valence-electron chi connectivity index (χ0n) is 25.2. The molecular weight excluding hydrogens is 556 g/mol. The molecule has 0 spiro atoms. The van der Waals surface area contributed by atoms with Crippen LogP contribution in [0.25, 0.3) is 0 Å². The number of allylic oxidation sites excluding steroid dienone is 1. The van der Waals surface area contributed by atoms with Crippen molar-refractivity contribution < 1.29 is 38.5 Å². The second-order valence-corrected chi connectivity index (χ2v) is 11.7. The highest BCUT2D eigenvalue weighted by Crippen LogP contribution is 2.31. The second kappa shape index (κ2) is 15.0. The molecule has 1 aromatic carbocycles. The minimum atomic E-state index is -1.44. The lowest BCUT2D eigenvalue weighted by Crippen LogP contribution is -2.58. The number of amides is 3. The van der Waals surface area contributed by atoms with Crippen molar-refractivity contribution in [1.29, 1.82) is 0 Å². The first-order chi connectivity index (χ1) is 20.6. The lowest BCUT2D eigenvalue weighted by molar-refractivity contribution is -0.136. The molecule has 12 nitrogen and oxygen atoms in total. The number of aliphatic hydroxyl groups excluding tert-OH is 1. The molecule has 2 heterocycles. The first-order valence-electron chi connectivity index (χ1n) is 14.9. The Morgan fingerprint density at radius 3 is 2.37 bits per heavy atom. The third-order valence-electron chi connectivity index (χ3n) is 8.10. The zero-order chi connectivity index (χ0) is 31.0. The van der Waals surface area contributed by atoms with Gasteiger partial charge in [0.15, 0.2) is 5.78 Å². The van der Waals surface area contributed by atoms with E-state index in [4.69, 9.17) is 14.2 Å². The number of carbonyl (C=O) groups is 4. The monoisotopic (exact) mass is 600 g/mol. The number of nitrogens with zero attached hydrogens (tertiary/aromatic N) is 1. The summed E-state index contributed by atoms with van der Waals surface area (Å²) in [4.78, 5) is 54.9. The van der Waals surface area contributed by atoms with Gasteiger partial charge in [-0.3, -0.25) is 24.1 Å². The number of ketones is 1. The molecule has 0 unspecified atom stereocenters. The van der Waals surface area contributed by atoms with Crippen LogP contribution in [0.5, 0.6) is 0 Å². The first-order valence-corrected chi connectivity index (χ1v) is 14.9. The van der Waals surface area contributed by atoms with Crippen molar-refractivity contribution in [3.05, 3.63) is 47.0 Å².